The van der Waals surface area contributed by atoms with Gasteiger partial charge >= 0.3 is 5.69 Å². The van der Waals surface area contributed by atoms with Gasteiger partial charge in [0.05, 0.1) is 11.0 Å². The van der Waals surface area contributed by atoms with Gasteiger partial charge in [0.25, 0.3) is 0 Å². The van der Waals surface area contributed by atoms with Crippen LogP contribution in [-0.4, -0.2) is 39.0 Å². The van der Waals surface area contributed by atoms with E-state index in [2.05, 4.69) is 5.10 Å². The number of anilines is 1. The smallest absolute Gasteiger partial charge is 0.334 e. The molecule has 7 heteroatoms. The molecule has 1 N–H and O–H groups in total. The van der Waals surface area contributed by atoms with E-state index < -0.39 is 6.10 Å². The van der Waals surface area contributed by atoms with E-state index in [4.69, 9.17) is 0 Å². The fourth-order valence-electron chi connectivity index (χ4n) is 2.38. The van der Waals surface area contributed by atoms with Crippen molar-refractivity contribution in [3.05, 3.63) is 15.8 Å². The molecule has 0 aromatic carbocycles. The third-order valence-corrected chi connectivity index (χ3v) is 3.21. The van der Waals surface area contributed by atoms with Gasteiger partial charge in [-0.25, -0.2) is 4.68 Å². The molecule has 0 unspecified atom stereocenters. The van der Waals surface area contributed by atoms with Gasteiger partial charge in [0.2, 0.25) is 5.82 Å². The molecular formula is C11H18N4O3. The van der Waals surface area contributed by atoms with Crippen molar-refractivity contribution in [2.24, 2.45) is 7.05 Å². The van der Waals surface area contributed by atoms with E-state index >= 15 is 0 Å². The first-order valence-electron chi connectivity index (χ1n) is 6.06. The van der Waals surface area contributed by atoms with Crippen molar-refractivity contribution in [2.45, 2.75) is 32.3 Å². The Morgan fingerprint density at radius 1 is 1.56 bits per heavy atom. The van der Waals surface area contributed by atoms with E-state index in [-0.39, 0.29) is 16.5 Å². The van der Waals surface area contributed by atoms with Crippen LogP contribution in [0.1, 0.15) is 31.9 Å². The van der Waals surface area contributed by atoms with Crippen LogP contribution in [0.25, 0.3) is 0 Å². The number of aromatic nitrogens is 2. The lowest BCUT2D eigenvalue weighted by molar-refractivity contribution is -0.385. The maximum atomic E-state index is 11.3. The SMILES string of the molecule is CC(C)c1nn(C)c(N2CC[C@H](O)C2)c1[N+](=O)[O-]. The maximum Gasteiger partial charge on any atom is 0.334 e. The minimum atomic E-state index is -0.415. The highest BCUT2D eigenvalue weighted by Gasteiger charge is 2.34. The standard InChI is InChI=1S/C11H18N4O3/c1-7(2)9-10(15(17)18)11(13(3)12-9)14-5-4-8(16)6-14/h7-8,16H,4-6H2,1-3H3/t8-/m0/s1. The van der Waals surface area contributed by atoms with Crippen LogP contribution in [0.4, 0.5) is 11.5 Å². The number of β-amino-alcohol motifs (C(OH)–C–C–N with tert-alkyl or cyclic N) is 1. The summed E-state index contributed by atoms with van der Waals surface area (Å²) in [5.41, 5.74) is 0.570. The van der Waals surface area contributed by atoms with Gasteiger partial charge in [0.1, 0.15) is 5.69 Å². The molecule has 0 saturated carbocycles. The van der Waals surface area contributed by atoms with Crippen molar-refractivity contribution in [3.8, 4) is 0 Å². The lowest BCUT2D eigenvalue weighted by atomic mass is 10.1. The zero-order valence-electron chi connectivity index (χ0n) is 10.8. The summed E-state index contributed by atoms with van der Waals surface area (Å²) in [5.74, 6) is 0.498. The molecule has 7 nitrogen and oxygen atoms in total. The molecule has 1 saturated heterocycles. The molecule has 0 spiro atoms. The number of nitrogens with zero attached hydrogens (tertiary/aromatic N) is 4. The average molecular weight is 254 g/mol. The molecule has 2 rings (SSSR count). The summed E-state index contributed by atoms with van der Waals surface area (Å²) >= 11 is 0. The number of aryl methyl sites for hydroxylation is 1. The highest BCUT2D eigenvalue weighted by molar-refractivity contribution is 5.62. The van der Waals surface area contributed by atoms with Gasteiger partial charge < -0.3 is 10.0 Å². The minimum absolute atomic E-state index is 0.00197. The van der Waals surface area contributed by atoms with Crippen molar-refractivity contribution in [2.75, 3.05) is 18.0 Å². The molecule has 100 valence electrons. The van der Waals surface area contributed by atoms with Crippen molar-refractivity contribution < 1.29 is 10.0 Å². The Morgan fingerprint density at radius 2 is 2.22 bits per heavy atom. The highest BCUT2D eigenvalue weighted by atomic mass is 16.6. The first-order valence-corrected chi connectivity index (χ1v) is 6.06. The quantitative estimate of drug-likeness (QED) is 0.643. The molecule has 0 radical (unpaired) electrons. The van der Waals surface area contributed by atoms with Crippen LogP contribution in [0.15, 0.2) is 0 Å². The fourth-order valence-corrected chi connectivity index (χ4v) is 2.38. The average Bonchev–Trinajstić information content (AvgIpc) is 2.81. The molecule has 2 heterocycles. The van der Waals surface area contributed by atoms with Crippen molar-refractivity contribution in [1.29, 1.82) is 0 Å². The number of aliphatic hydroxyl groups excluding tert-OH is 1. The summed E-state index contributed by atoms with van der Waals surface area (Å²) in [7, 11) is 1.71. The van der Waals surface area contributed by atoms with E-state index in [0.29, 0.717) is 31.0 Å². The van der Waals surface area contributed by atoms with Gasteiger partial charge in [-0.3, -0.25) is 10.1 Å². The van der Waals surface area contributed by atoms with Gasteiger partial charge in [-0.05, 0) is 6.42 Å². The largest absolute Gasteiger partial charge is 0.391 e. The second-order valence-corrected chi connectivity index (χ2v) is 4.98. The Labute approximate surface area is 105 Å². The van der Waals surface area contributed by atoms with Crippen molar-refractivity contribution in [3.63, 3.8) is 0 Å². The molecule has 18 heavy (non-hydrogen) atoms. The van der Waals surface area contributed by atoms with Gasteiger partial charge in [-0.2, -0.15) is 5.10 Å². The molecule has 1 aliphatic heterocycles. The number of nitro groups is 1. The summed E-state index contributed by atoms with van der Waals surface area (Å²) in [4.78, 5) is 12.7. The predicted octanol–water partition coefficient (Wildman–Crippen LogP) is 1.02. The summed E-state index contributed by atoms with van der Waals surface area (Å²) in [6.07, 6.45) is 0.223. The molecule has 1 aromatic rings. The lowest BCUT2D eigenvalue weighted by Crippen LogP contribution is -2.24. The fraction of sp³-hybridized carbons (Fsp3) is 0.727. The summed E-state index contributed by atoms with van der Waals surface area (Å²) < 4.78 is 1.55. The number of hydrogen-bond acceptors (Lipinski definition) is 5. The first kappa shape index (κ1) is 12.8. The topological polar surface area (TPSA) is 84.4 Å². The normalized spacial score (nSPS) is 19.8. The minimum Gasteiger partial charge on any atom is -0.391 e. The van der Waals surface area contributed by atoms with E-state index in [1.165, 1.54) is 0 Å². The molecule has 1 aromatic heterocycles. The molecule has 0 bridgehead atoms. The zero-order valence-corrected chi connectivity index (χ0v) is 10.8. The van der Waals surface area contributed by atoms with Crippen molar-refractivity contribution >= 4 is 11.5 Å². The Morgan fingerprint density at radius 3 is 2.67 bits per heavy atom. The summed E-state index contributed by atoms with van der Waals surface area (Å²) in [6, 6.07) is 0. The van der Waals surface area contributed by atoms with Gasteiger partial charge in [0.15, 0.2) is 0 Å². The monoisotopic (exact) mass is 254 g/mol. The van der Waals surface area contributed by atoms with E-state index in [1.54, 1.807) is 11.7 Å². The summed E-state index contributed by atoms with van der Waals surface area (Å²) in [5, 5.41) is 25.1. The molecular weight excluding hydrogens is 236 g/mol. The lowest BCUT2D eigenvalue weighted by Gasteiger charge is -2.16. The molecule has 1 atom stereocenters. The molecule has 0 amide bonds. The second-order valence-electron chi connectivity index (χ2n) is 4.98. The second kappa shape index (κ2) is 4.56. The third kappa shape index (κ3) is 2.05. The number of aliphatic hydroxyl groups is 1. The predicted molar refractivity (Wildman–Crippen MR) is 66.8 cm³/mol. The molecule has 0 aliphatic carbocycles. The van der Waals surface area contributed by atoms with Gasteiger partial charge in [0, 0.05) is 26.1 Å². The van der Waals surface area contributed by atoms with Gasteiger partial charge in [-0.15, -0.1) is 0 Å². The van der Waals surface area contributed by atoms with Crippen LogP contribution in [0.5, 0.6) is 0 Å². The molecule has 1 fully saturated rings. The Bertz CT molecular complexity index is 469. The maximum absolute atomic E-state index is 11.3. The third-order valence-electron chi connectivity index (χ3n) is 3.21. The van der Waals surface area contributed by atoms with Crippen LogP contribution < -0.4 is 4.90 Å². The first-order chi connectivity index (χ1) is 8.41. The zero-order chi connectivity index (χ0) is 13.4. The molecule has 1 aliphatic rings. The Kier molecular flexibility index (Phi) is 3.25. The summed E-state index contributed by atoms with van der Waals surface area (Å²) in [6.45, 7) is 4.83. The van der Waals surface area contributed by atoms with Crippen LogP contribution >= 0.6 is 0 Å². The Hall–Kier alpha value is -1.63. The van der Waals surface area contributed by atoms with E-state index in [0.717, 1.165) is 0 Å². The highest BCUT2D eigenvalue weighted by Crippen LogP contribution is 2.36. The van der Waals surface area contributed by atoms with E-state index in [9.17, 15) is 15.2 Å². The number of hydrogen-bond donors (Lipinski definition) is 1. The van der Waals surface area contributed by atoms with Crippen LogP contribution in [0.3, 0.4) is 0 Å². The van der Waals surface area contributed by atoms with E-state index in [1.807, 2.05) is 18.7 Å². The van der Waals surface area contributed by atoms with Crippen LogP contribution in [0.2, 0.25) is 0 Å². The number of rotatable bonds is 3. The van der Waals surface area contributed by atoms with Crippen LogP contribution in [0, 0.1) is 10.1 Å². The van der Waals surface area contributed by atoms with Gasteiger partial charge in [-0.1, -0.05) is 13.8 Å². The van der Waals surface area contributed by atoms with Crippen LogP contribution in [-0.2, 0) is 7.05 Å². The Balaban J connectivity index is 2.49. The van der Waals surface area contributed by atoms with Crippen molar-refractivity contribution in [1.82, 2.24) is 9.78 Å².